The average Bonchev–Trinajstić information content (AvgIpc) is 2.63. The van der Waals surface area contributed by atoms with Crippen LogP contribution in [-0.2, 0) is 0 Å². The highest BCUT2D eigenvalue weighted by Crippen LogP contribution is 2.20. The molecule has 16 heavy (non-hydrogen) atoms. The van der Waals surface area contributed by atoms with Crippen LogP contribution in [0.5, 0.6) is 5.88 Å². The van der Waals surface area contributed by atoms with Gasteiger partial charge in [0.15, 0.2) is 0 Å². The molecule has 0 amide bonds. The molecule has 1 aromatic rings. The van der Waals surface area contributed by atoms with Gasteiger partial charge in [0.1, 0.15) is 0 Å². The van der Waals surface area contributed by atoms with Gasteiger partial charge in [0.25, 0.3) is 0 Å². The fourth-order valence-electron chi connectivity index (χ4n) is 1.89. The van der Waals surface area contributed by atoms with Gasteiger partial charge in [-0.05, 0) is 26.8 Å². The maximum Gasteiger partial charge on any atom is 0.226 e. The van der Waals surface area contributed by atoms with Crippen LogP contribution in [0.15, 0.2) is 6.07 Å². The highest BCUT2D eigenvalue weighted by Gasteiger charge is 2.29. The molecule has 0 aliphatic carbocycles. The molecule has 2 N–H and O–H groups in total. The van der Waals surface area contributed by atoms with E-state index in [4.69, 9.17) is 4.74 Å². The van der Waals surface area contributed by atoms with Gasteiger partial charge in [0.2, 0.25) is 11.8 Å². The molecule has 88 valence electrons. The van der Waals surface area contributed by atoms with Crippen molar-refractivity contribution in [2.24, 2.45) is 0 Å². The Balaban J connectivity index is 2.17. The molecule has 5 heteroatoms. The van der Waals surface area contributed by atoms with E-state index in [0.717, 1.165) is 25.2 Å². The van der Waals surface area contributed by atoms with E-state index < -0.39 is 0 Å². The zero-order chi connectivity index (χ0) is 11.6. The highest BCUT2D eigenvalue weighted by atomic mass is 16.5. The molecule has 5 nitrogen and oxygen atoms in total. The normalized spacial score (nSPS) is 24.4. The van der Waals surface area contributed by atoms with Gasteiger partial charge in [-0.2, -0.15) is 4.98 Å². The van der Waals surface area contributed by atoms with Crippen LogP contribution in [0, 0.1) is 6.92 Å². The van der Waals surface area contributed by atoms with Gasteiger partial charge in [-0.3, -0.25) is 0 Å². The summed E-state index contributed by atoms with van der Waals surface area (Å²) in [5, 5.41) is 6.70. The maximum absolute atomic E-state index is 5.13. The molecule has 1 aliphatic rings. The summed E-state index contributed by atoms with van der Waals surface area (Å²) in [6, 6.07) is 1.82. The van der Waals surface area contributed by atoms with E-state index in [1.54, 1.807) is 7.11 Å². The Hall–Kier alpha value is -1.36. The van der Waals surface area contributed by atoms with E-state index in [1.165, 1.54) is 0 Å². The monoisotopic (exact) mass is 222 g/mol. The topological polar surface area (TPSA) is 59.1 Å². The number of rotatable bonds is 3. The van der Waals surface area contributed by atoms with Crippen LogP contribution in [0.1, 0.15) is 19.0 Å². The van der Waals surface area contributed by atoms with Gasteiger partial charge in [-0.1, -0.05) is 0 Å². The molecule has 0 saturated carbocycles. The fraction of sp³-hybridized carbons (Fsp3) is 0.636. The fourth-order valence-corrected chi connectivity index (χ4v) is 1.89. The second kappa shape index (κ2) is 4.25. The van der Waals surface area contributed by atoms with Crippen molar-refractivity contribution >= 4 is 5.95 Å². The van der Waals surface area contributed by atoms with Crippen molar-refractivity contribution in [1.82, 2.24) is 15.3 Å². The van der Waals surface area contributed by atoms with E-state index in [-0.39, 0.29) is 5.54 Å². The summed E-state index contributed by atoms with van der Waals surface area (Å²) in [6.07, 6.45) is 1.08. The minimum atomic E-state index is 0.0405. The Morgan fingerprint density at radius 1 is 1.50 bits per heavy atom. The first-order valence-corrected chi connectivity index (χ1v) is 5.50. The standard InChI is InChI=1S/C11H18N4O/c1-8-6-9(16-3)14-10(13-8)15-11(2)4-5-12-7-11/h6,12H,4-5,7H2,1-3H3,(H,13,14,15). The molecule has 1 aliphatic heterocycles. The lowest BCUT2D eigenvalue weighted by molar-refractivity contribution is 0.396. The van der Waals surface area contributed by atoms with Gasteiger partial charge < -0.3 is 15.4 Å². The van der Waals surface area contributed by atoms with Crippen molar-refractivity contribution < 1.29 is 4.74 Å². The first-order chi connectivity index (χ1) is 7.61. The summed E-state index contributed by atoms with van der Waals surface area (Å²) in [7, 11) is 1.62. The summed E-state index contributed by atoms with van der Waals surface area (Å²) in [5.74, 6) is 1.24. The van der Waals surface area contributed by atoms with Crippen molar-refractivity contribution in [2.45, 2.75) is 25.8 Å². The molecule has 1 fully saturated rings. The summed E-state index contributed by atoms with van der Waals surface area (Å²) in [4.78, 5) is 8.65. The third kappa shape index (κ3) is 2.41. The van der Waals surface area contributed by atoms with Gasteiger partial charge in [-0.25, -0.2) is 4.98 Å². The van der Waals surface area contributed by atoms with Gasteiger partial charge in [0, 0.05) is 18.3 Å². The molecule has 2 heterocycles. The van der Waals surface area contributed by atoms with Gasteiger partial charge in [-0.15, -0.1) is 0 Å². The third-order valence-corrected chi connectivity index (χ3v) is 2.82. The lowest BCUT2D eigenvalue weighted by Crippen LogP contribution is -2.37. The van der Waals surface area contributed by atoms with E-state index in [0.29, 0.717) is 11.8 Å². The molecule has 0 radical (unpaired) electrons. The van der Waals surface area contributed by atoms with Gasteiger partial charge in [0.05, 0.1) is 12.6 Å². The van der Waals surface area contributed by atoms with Crippen LogP contribution in [0.2, 0.25) is 0 Å². The molecule has 1 saturated heterocycles. The Morgan fingerprint density at radius 3 is 2.94 bits per heavy atom. The lowest BCUT2D eigenvalue weighted by atomic mass is 10.0. The predicted octanol–water partition coefficient (Wildman–Crippen LogP) is 0.958. The van der Waals surface area contributed by atoms with Crippen LogP contribution in [0.3, 0.4) is 0 Å². The molecular formula is C11H18N4O. The zero-order valence-electron chi connectivity index (χ0n) is 10.0. The second-order valence-corrected chi connectivity index (χ2v) is 4.49. The van der Waals surface area contributed by atoms with E-state index >= 15 is 0 Å². The molecular weight excluding hydrogens is 204 g/mol. The summed E-state index contributed by atoms with van der Waals surface area (Å²) in [5.41, 5.74) is 0.947. The SMILES string of the molecule is COc1cc(C)nc(NC2(C)CCNC2)n1. The number of hydrogen-bond donors (Lipinski definition) is 2. The number of aromatic nitrogens is 2. The average molecular weight is 222 g/mol. The van der Waals surface area contributed by atoms with Crippen molar-refractivity contribution in [3.05, 3.63) is 11.8 Å². The smallest absolute Gasteiger partial charge is 0.226 e. The third-order valence-electron chi connectivity index (χ3n) is 2.82. The summed E-state index contributed by atoms with van der Waals surface area (Å²) < 4.78 is 5.13. The molecule has 1 aromatic heterocycles. The van der Waals surface area contributed by atoms with E-state index in [1.807, 2.05) is 13.0 Å². The van der Waals surface area contributed by atoms with Crippen LogP contribution >= 0.6 is 0 Å². The summed E-state index contributed by atoms with van der Waals surface area (Å²) in [6.45, 7) is 6.08. The molecule has 2 rings (SSSR count). The molecule has 1 unspecified atom stereocenters. The quantitative estimate of drug-likeness (QED) is 0.797. The number of aryl methyl sites for hydroxylation is 1. The Bertz CT molecular complexity index is 374. The first-order valence-electron chi connectivity index (χ1n) is 5.50. The minimum Gasteiger partial charge on any atom is -0.481 e. The number of hydrogen-bond acceptors (Lipinski definition) is 5. The molecule has 0 bridgehead atoms. The number of nitrogens with one attached hydrogen (secondary N) is 2. The van der Waals surface area contributed by atoms with Crippen molar-refractivity contribution in [2.75, 3.05) is 25.5 Å². The molecule has 1 atom stereocenters. The number of methoxy groups -OCH3 is 1. The van der Waals surface area contributed by atoms with E-state index in [9.17, 15) is 0 Å². The largest absolute Gasteiger partial charge is 0.481 e. The van der Waals surface area contributed by atoms with E-state index in [2.05, 4.69) is 27.5 Å². The molecule has 0 spiro atoms. The maximum atomic E-state index is 5.13. The van der Waals surface area contributed by atoms with Crippen molar-refractivity contribution in [1.29, 1.82) is 0 Å². The second-order valence-electron chi connectivity index (χ2n) is 4.49. The van der Waals surface area contributed by atoms with Crippen molar-refractivity contribution in [3.8, 4) is 5.88 Å². The minimum absolute atomic E-state index is 0.0405. The van der Waals surface area contributed by atoms with Crippen LogP contribution < -0.4 is 15.4 Å². The first kappa shape index (κ1) is 11.1. The number of anilines is 1. The van der Waals surface area contributed by atoms with Crippen LogP contribution in [-0.4, -0.2) is 35.7 Å². The lowest BCUT2D eigenvalue weighted by Gasteiger charge is -2.24. The Labute approximate surface area is 95.6 Å². The Morgan fingerprint density at radius 2 is 2.31 bits per heavy atom. The Kier molecular flexibility index (Phi) is 2.96. The highest BCUT2D eigenvalue weighted by molar-refractivity contribution is 5.34. The molecule has 0 aromatic carbocycles. The van der Waals surface area contributed by atoms with Crippen LogP contribution in [0.25, 0.3) is 0 Å². The van der Waals surface area contributed by atoms with Gasteiger partial charge >= 0.3 is 0 Å². The summed E-state index contributed by atoms with van der Waals surface area (Å²) >= 11 is 0. The number of ether oxygens (including phenoxy) is 1. The van der Waals surface area contributed by atoms with Crippen molar-refractivity contribution in [3.63, 3.8) is 0 Å². The zero-order valence-corrected chi connectivity index (χ0v) is 10.0. The number of nitrogens with zero attached hydrogens (tertiary/aromatic N) is 2. The van der Waals surface area contributed by atoms with Crippen LogP contribution in [0.4, 0.5) is 5.95 Å². The predicted molar refractivity (Wildman–Crippen MR) is 62.8 cm³/mol.